The van der Waals surface area contributed by atoms with Gasteiger partial charge in [0.05, 0.1) is 11.8 Å². The molecule has 1 aromatic heterocycles. The zero-order chi connectivity index (χ0) is 11.1. The van der Waals surface area contributed by atoms with Crippen molar-refractivity contribution in [1.29, 1.82) is 0 Å². The normalized spacial score (nSPS) is 28.3. The Balaban J connectivity index is 2.08. The summed E-state index contributed by atoms with van der Waals surface area (Å²) in [5, 5.41) is 13.0. The van der Waals surface area contributed by atoms with Gasteiger partial charge in [0, 0.05) is 23.9 Å². The highest BCUT2D eigenvalue weighted by Crippen LogP contribution is 2.42. The quantitative estimate of drug-likeness (QED) is 0.768. The molecule has 0 radical (unpaired) electrons. The van der Waals surface area contributed by atoms with Crippen molar-refractivity contribution in [2.75, 3.05) is 5.32 Å². The fourth-order valence-electron chi connectivity index (χ4n) is 1.86. The van der Waals surface area contributed by atoms with Gasteiger partial charge in [-0.15, -0.1) is 0 Å². The number of aliphatic hydroxyl groups excluding tert-OH is 1. The van der Waals surface area contributed by atoms with Gasteiger partial charge in [-0.3, -0.25) is 4.98 Å². The van der Waals surface area contributed by atoms with Crippen LogP contribution in [0.25, 0.3) is 0 Å². The van der Waals surface area contributed by atoms with Crippen molar-refractivity contribution in [3.8, 4) is 0 Å². The fraction of sp³-hybridized carbons (Fsp3) is 0.636. The molecule has 0 saturated heterocycles. The third-order valence-corrected chi connectivity index (χ3v) is 3.41. The van der Waals surface area contributed by atoms with Gasteiger partial charge >= 0.3 is 0 Å². The van der Waals surface area contributed by atoms with E-state index in [9.17, 15) is 5.11 Å². The maximum absolute atomic E-state index is 9.62. The maximum atomic E-state index is 9.62. The second-order valence-electron chi connectivity index (χ2n) is 4.76. The van der Waals surface area contributed by atoms with Gasteiger partial charge in [0.1, 0.15) is 5.82 Å². The molecule has 1 saturated carbocycles. The summed E-state index contributed by atoms with van der Waals surface area (Å²) in [7, 11) is 0. The Labute approximate surface area is 89.8 Å². The van der Waals surface area contributed by atoms with Crippen LogP contribution in [0.1, 0.15) is 26.0 Å². The molecule has 0 amide bonds. The van der Waals surface area contributed by atoms with E-state index in [1.807, 2.05) is 6.92 Å². The Hall–Kier alpha value is -1.16. The summed E-state index contributed by atoms with van der Waals surface area (Å²) >= 11 is 0. The monoisotopic (exact) mass is 207 g/mol. The zero-order valence-corrected chi connectivity index (χ0v) is 9.36. The molecule has 0 aliphatic heterocycles. The minimum atomic E-state index is -0.216. The molecule has 82 valence electrons. The highest BCUT2D eigenvalue weighted by atomic mass is 16.3. The van der Waals surface area contributed by atoms with Gasteiger partial charge in [0.2, 0.25) is 0 Å². The molecule has 15 heavy (non-hydrogen) atoms. The van der Waals surface area contributed by atoms with Crippen molar-refractivity contribution in [2.24, 2.45) is 5.41 Å². The summed E-state index contributed by atoms with van der Waals surface area (Å²) < 4.78 is 0. The second-order valence-corrected chi connectivity index (χ2v) is 4.76. The first-order valence-corrected chi connectivity index (χ1v) is 5.24. The van der Waals surface area contributed by atoms with Crippen LogP contribution in [0.4, 0.5) is 5.82 Å². The van der Waals surface area contributed by atoms with Crippen molar-refractivity contribution in [3.05, 3.63) is 18.1 Å². The van der Waals surface area contributed by atoms with E-state index in [1.54, 1.807) is 12.4 Å². The van der Waals surface area contributed by atoms with Gasteiger partial charge in [-0.1, -0.05) is 13.8 Å². The summed E-state index contributed by atoms with van der Waals surface area (Å²) in [4.78, 5) is 8.41. The van der Waals surface area contributed by atoms with E-state index in [-0.39, 0.29) is 17.6 Å². The van der Waals surface area contributed by atoms with Gasteiger partial charge in [-0.05, 0) is 13.3 Å². The number of rotatable bonds is 2. The second kappa shape index (κ2) is 3.45. The molecule has 1 aromatic rings. The molecule has 1 aliphatic carbocycles. The minimum Gasteiger partial charge on any atom is -0.392 e. The van der Waals surface area contributed by atoms with Crippen LogP contribution in [0.5, 0.6) is 0 Å². The molecule has 4 nitrogen and oxygen atoms in total. The highest BCUT2D eigenvalue weighted by molar-refractivity contribution is 5.41. The molecule has 1 heterocycles. The number of anilines is 1. The standard InChI is InChI=1S/C11H17N3O/c1-7-10(13-5-4-12-7)14-8-6-9(15)11(8,2)3/h4-5,8-9,15H,6H2,1-3H3,(H,13,14). The summed E-state index contributed by atoms with van der Waals surface area (Å²) in [5.74, 6) is 0.822. The first kappa shape index (κ1) is 10.4. The lowest BCUT2D eigenvalue weighted by Gasteiger charge is -2.49. The molecule has 4 heteroatoms. The highest BCUT2D eigenvalue weighted by Gasteiger charge is 2.47. The zero-order valence-electron chi connectivity index (χ0n) is 9.36. The predicted molar refractivity (Wildman–Crippen MR) is 58.6 cm³/mol. The van der Waals surface area contributed by atoms with Crippen LogP contribution in [0.3, 0.4) is 0 Å². The van der Waals surface area contributed by atoms with E-state index in [0.29, 0.717) is 0 Å². The van der Waals surface area contributed by atoms with Crippen LogP contribution in [-0.2, 0) is 0 Å². The third kappa shape index (κ3) is 1.69. The van der Waals surface area contributed by atoms with Crippen molar-refractivity contribution in [1.82, 2.24) is 9.97 Å². The predicted octanol–water partition coefficient (Wildman–Crippen LogP) is 1.36. The molecule has 2 unspecified atom stereocenters. The maximum Gasteiger partial charge on any atom is 0.147 e. The smallest absolute Gasteiger partial charge is 0.147 e. The molecule has 2 rings (SSSR count). The molecular weight excluding hydrogens is 190 g/mol. The first-order chi connectivity index (χ1) is 7.01. The van der Waals surface area contributed by atoms with Gasteiger partial charge in [-0.25, -0.2) is 4.98 Å². The fourth-order valence-corrected chi connectivity index (χ4v) is 1.86. The molecule has 2 N–H and O–H groups in total. The Morgan fingerprint density at radius 3 is 2.60 bits per heavy atom. The minimum absolute atomic E-state index is 0.0794. The third-order valence-electron chi connectivity index (χ3n) is 3.41. The van der Waals surface area contributed by atoms with Crippen LogP contribution in [-0.4, -0.2) is 27.2 Å². The number of aliphatic hydroxyl groups is 1. The number of aromatic nitrogens is 2. The van der Waals surface area contributed by atoms with Gasteiger partial charge in [0.25, 0.3) is 0 Å². The van der Waals surface area contributed by atoms with E-state index >= 15 is 0 Å². The van der Waals surface area contributed by atoms with Crippen LogP contribution < -0.4 is 5.32 Å². The van der Waals surface area contributed by atoms with Crippen LogP contribution in [0.2, 0.25) is 0 Å². The summed E-state index contributed by atoms with van der Waals surface area (Å²) in [6.07, 6.45) is 3.92. The average molecular weight is 207 g/mol. The van der Waals surface area contributed by atoms with E-state index in [4.69, 9.17) is 0 Å². The van der Waals surface area contributed by atoms with E-state index in [2.05, 4.69) is 29.1 Å². The lowest BCUT2D eigenvalue weighted by atomic mass is 9.64. The van der Waals surface area contributed by atoms with E-state index in [1.165, 1.54) is 0 Å². The van der Waals surface area contributed by atoms with Gasteiger partial charge in [-0.2, -0.15) is 0 Å². The molecule has 0 spiro atoms. The Bertz CT molecular complexity index is 365. The summed E-state index contributed by atoms with van der Waals surface area (Å²) in [6.45, 7) is 6.05. The van der Waals surface area contributed by atoms with E-state index in [0.717, 1.165) is 17.9 Å². The SMILES string of the molecule is Cc1nccnc1NC1CC(O)C1(C)C. The van der Waals surface area contributed by atoms with Crippen LogP contribution >= 0.6 is 0 Å². The lowest BCUT2D eigenvalue weighted by molar-refractivity contribution is -0.0511. The number of hydrogen-bond acceptors (Lipinski definition) is 4. The molecule has 0 aromatic carbocycles. The topological polar surface area (TPSA) is 58.0 Å². The summed E-state index contributed by atoms with van der Waals surface area (Å²) in [6, 6.07) is 0.280. The number of nitrogens with one attached hydrogen (secondary N) is 1. The molecule has 0 bridgehead atoms. The number of nitrogens with zero attached hydrogens (tertiary/aromatic N) is 2. The largest absolute Gasteiger partial charge is 0.392 e. The van der Waals surface area contributed by atoms with Crippen molar-refractivity contribution in [3.63, 3.8) is 0 Å². The lowest BCUT2D eigenvalue weighted by Crippen LogP contribution is -2.57. The van der Waals surface area contributed by atoms with E-state index < -0.39 is 0 Å². The van der Waals surface area contributed by atoms with Crippen LogP contribution in [0, 0.1) is 12.3 Å². The van der Waals surface area contributed by atoms with Gasteiger partial charge < -0.3 is 10.4 Å². The number of aryl methyl sites for hydroxylation is 1. The Morgan fingerprint density at radius 2 is 2.07 bits per heavy atom. The van der Waals surface area contributed by atoms with Gasteiger partial charge in [0.15, 0.2) is 0 Å². The summed E-state index contributed by atoms with van der Waals surface area (Å²) in [5.41, 5.74) is 0.818. The van der Waals surface area contributed by atoms with Crippen molar-refractivity contribution < 1.29 is 5.11 Å². The average Bonchev–Trinajstić information content (AvgIpc) is 2.20. The molecule has 1 fully saturated rings. The number of hydrogen-bond donors (Lipinski definition) is 2. The first-order valence-electron chi connectivity index (χ1n) is 5.24. The molecular formula is C11H17N3O. The Morgan fingerprint density at radius 1 is 1.40 bits per heavy atom. The molecule has 2 atom stereocenters. The Kier molecular flexibility index (Phi) is 2.38. The van der Waals surface area contributed by atoms with Crippen molar-refractivity contribution in [2.45, 2.75) is 39.3 Å². The van der Waals surface area contributed by atoms with Crippen molar-refractivity contribution >= 4 is 5.82 Å². The molecule has 1 aliphatic rings. The van der Waals surface area contributed by atoms with Crippen LogP contribution in [0.15, 0.2) is 12.4 Å².